The lowest BCUT2D eigenvalue weighted by molar-refractivity contribution is -0.112. The topological polar surface area (TPSA) is 57.8 Å². The number of carbonyl (C=O) groups excluding carboxylic acids is 1. The van der Waals surface area contributed by atoms with Crippen LogP contribution in [0.5, 0.6) is 0 Å². The molecule has 2 N–H and O–H groups in total. The van der Waals surface area contributed by atoms with Gasteiger partial charge in [-0.25, -0.2) is 0 Å². The molecule has 0 aliphatic carbocycles. The molecule has 5 heteroatoms. The van der Waals surface area contributed by atoms with Crippen molar-refractivity contribution in [2.24, 2.45) is 0 Å². The highest BCUT2D eigenvalue weighted by molar-refractivity contribution is 6.33. The summed E-state index contributed by atoms with van der Waals surface area (Å²) in [5.74, 6) is -0.184. The third-order valence-corrected chi connectivity index (χ3v) is 4.73. The second kappa shape index (κ2) is 8.23. The maximum Gasteiger partial charge on any atom is 0.255 e. The number of nitrogens with zero attached hydrogens (tertiary/aromatic N) is 1. The standard InChI is InChI=1S/C22H22ClN3O/c1-4-14(3)7-6-8-15(5-2)22(27)26-19-12-16(23)11-18-17-9-10-24-13-20(17)25-21(18)19/h5-13,25H,4H2,1-3H3,(H,26,27)/b8-6-,14-7+,15-5+. The van der Waals surface area contributed by atoms with Crippen LogP contribution in [0.25, 0.3) is 21.8 Å². The van der Waals surface area contributed by atoms with Gasteiger partial charge in [0.1, 0.15) is 0 Å². The Balaban J connectivity index is 1.95. The van der Waals surface area contributed by atoms with E-state index in [-0.39, 0.29) is 5.91 Å². The molecule has 4 nitrogen and oxygen atoms in total. The van der Waals surface area contributed by atoms with E-state index in [1.165, 1.54) is 5.57 Å². The molecule has 2 aromatic heterocycles. The van der Waals surface area contributed by atoms with Crippen molar-refractivity contribution in [2.75, 3.05) is 5.32 Å². The highest BCUT2D eigenvalue weighted by Crippen LogP contribution is 2.33. The summed E-state index contributed by atoms with van der Waals surface area (Å²) in [5.41, 5.74) is 4.21. The number of hydrogen-bond acceptors (Lipinski definition) is 2. The van der Waals surface area contributed by atoms with E-state index in [2.05, 4.69) is 29.1 Å². The van der Waals surface area contributed by atoms with Crippen LogP contribution < -0.4 is 5.32 Å². The predicted molar refractivity (Wildman–Crippen MR) is 114 cm³/mol. The van der Waals surface area contributed by atoms with E-state index in [1.807, 2.05) is 37.3 Å². The summed E-state index contributed by atoms with van der Waals surface area (Å²) in [6.07, 6.45) is 12.0. The average molecular weight is 380 g/mol. The van der Waals surface area contributed by atoms with Gasteiger partial charge in [0, 0.05) is 27.6 Å². The summed E-state index contributed by atoms with van der Waals surface area (Å²) in [4.78, 5) is 20.2. The van der Waals surface area contributed by atoms with E-state index in [4.69, 9.17) is 11.6 Å². The van der Waals surface area contributed by atoms with E-state index in [9.17, 15) is 4.79 Å². The van der Waals surface area contributed by atoms with Gasteiger partial charge in [-0.2, -0.15) is 0 Å². The summed E-state index contributed by atoms with van der Waals surface area (Å²) in [6.45, 7) is 6.01. The minimum absolute atomic E-state index is 0.184. The number of amides is 1. The lowest BCUT2D eigenvalue weighted by atomic mass is 10.1. The Hall–Kier alpha value is -2.85. The van der Waals surface area contributed by atoms with Crippen LogP contribution in [0.2, 0.25) is 5.02 Å². The van der Waals surface area contributed by atoms with Crippen molar-refractivity contribution in [1.29, 1.82) is 0 Å². The smallest absolute Gasteiger partial charge is 0.255 e. The van der Waals surface area contributed by atoms with Crippen LogP contribution in [0.3, 0.4) is 0 Å². The molecule has 0 fully saturated rings. The number of halogens is 1. The number of rotatable bonds is 5. The fraction of sp³-hybridized carbons (Fsp3) is 0.182. The summed E-state index contributed by atoms with van der Waals surface area (Å²) in [6, 6.07) is 5.57. The van der Waals surface area contributed by atoms with E-state index < -0.39 is 0 Å². The van der Waals surface area contributed by atoms with Crippen LogP contribution in [-0.2, 0) is 4.79 Å². The Morgan fingerprint density at radius 1 is 1.33 bits per heavy atom. The summed E-state index contributed by atoms with van der Waals surface area (Å²) in [7, 11) is 0. The molecule has 0 spiro atoms. The van der Waals surface area contributed by atoms with Crippen LogP contribution in [-0.4, -0.2) is 15.9 Å². The maximum atomic E-state index is 12.7. The van der Waals surface area contributed by atoms with Gasteiger partial charge in [-0.15, -0.1) is 0 Å². The van der Waals surface area contributed by atoms with Gasteiger partial charge < -0.3 is 10.3 Å². The molecule has 0 aliphatic heterocycles. The van der Waals surface area contributed by atoms with Gasteiger partial charge in [-0.1, -0.05) is 42.3 Å². The number of benzene rings is 1. The molecule has 0 saturated heterocycles. The number of aromatic amines is 1. The second-order valence-corrected chi connectivity index (χ2v) is 6.78. The molecule has 3 rings (SSSR count). The van der Waals surface area contributed by atoms with Gasteiger partial charge in [0.2, 0.25) is 0 Å². The molecule has 1 amide bonds. The number of allylic oxidation sites excluding steroid dienone is 4. The third kappa shape index (κ3) is 4.12. The average Bonchev–Trinajstić information content (AvgIpc) is 3.03. The summed E-state index contributed by atoms with van der Waals surface area (Å²) < 4.78 is 0. The van der Waals surface area contributed by atoms with Gasteiger partial charge in [-0.05, 0) is 44.5 Å². The van der Waals surface area contributed by atoms with Gasteiger partial charge >= 0.3 is 0 Å². The monoisotopic (exact) mass is 379 g/mol. The number of hydrogen-bond donors (Lipinski definition) is 2. The number of nitrogens with one attached hydrogen (secondary N) is 2. The van der Waals surface area contributed by atoms with Crippen LogP contribution >= 0.6 is 11.6 Å². The first kappa shape index (κ1) is 18.9. The Morgan fingerprint density at radius 3 is 2.89 bits per heavy atom. The summed E-state index contributed by atoms with van der Waals surface area (Å²) >= 11 is 6.30. The lowest BCUT2D eigenvalue weighted by Gasteiger charge is -2.08. The normalized spacial score (nSPS) is 13.0. The highest BCUT2D eigenvalue weighted by atomic mass is 35.5. The van der Waals surface area contributed by atoms with Crippen LogP contribution in [0.15, 0.2) is 66.0 Å². The lowest BCUT2D eigenvalue weighted by Crippen LogP contribution is -2.13. The van der Waals surface area contributed by atoms with Gasteiger partial charge in [0.05, 0.1) is 22.9 Å². The zero-order chi connectivity index (χ0) is 19.4. The van der Waals surface area contributed by atoms with Crippen LogP contribution in [0.1, 0.15) is 27.2 Å². The number of aromatic nitrogens is 2. The van der Waals surface area contributed by atoms with Crippen molar-refractivity contribution in [3.63, 3.8) is 0 Å². The quantitative estimate of drug-likeness (QED) is 0.411. The Kier molecular flexibility index (Phi) is 5.77. The molecular weight excluding hydrogens is 358 g/mol. The number of anilines is 1. The molecule has 0 bridgehead atoms. The van der Waals surface area contributed by atoms with Gasteiger partial charge in [-0.3, -0.25) is 9.78 Å². The number of fused-ring (bicyclic) bond motifs is 3. The minimum atomic E-state index is -0.184. The van der Waals surface area contributed by atoms with E-state index in [0.29, 0.717) is 16.3 Å². The molecule has 0 unspecified atom stereocenters. The third-order valence-electron chi connectivity index (χ3n) is 4.51. The first-order valence-corrected chi connectivity index (χ1v) is 9.27. The molecule has 0 radical (unpaired) electrons. The Bertz CT molecular complexity index is 1090. The van der Waals surface area contributed by atoms with Crippen LogP contribution in [0.4, 0.5) is 5.69 Å². The first-order chi connectivity index (χ1) is 13.0. The maximum absolute atomic E-state index is 12.7. The fourth-order valence-electron chi connectivity index (χ4n) is 2.85. The largest absolute Gasteiger partial charge is 0.352 e. The van der Waals surface area contributed by atoms with Crippen molar-refractivity contribution in [2.45, 2.75) is 27.2 Å². The molecule has 3 aromatic rings. The zero-order valence-corrected chi connectivity index (χ0v) is 16.4. The second-order valence-electron chi connectivity index (χ2n) is 6.35. The van der Waals surface area contributed by atoms with Crippen molar-refractivity contribution < 1.29 is 4.79 Å². The molecule has 27 heavy (non-hydrogen) atoms. The number of H-pyrrole nitrogens is 1. The molecule has 1 aromatic carbocycles. The fourth-order valence-corrected chi connectivity index (χ4v) is 3.07. The van der Waals surface area contributed by atoms with Gasteiger partial charge in [0.25, 0.3) is 5.91 Å². The SMILES string of the molecule is C\C=C(/C=C\C=C(/C)CC)C(=O)Nc1cc(Cl)cc2c1[nH]c1cnccc12. The molecule has 0 atom stereocenters. The molecule has 0 aliphatic rings. The van der Waals surface area contributed by atoms with E-state index >= 15 is 0 Å². The van der Waals surface area contributed by atoms with Crippen molar-refractivity contribution >= 4 is 45.0 Å². The zero-order valence-electron chi connectivity index (χ0n) is 15.6. The van der Waals surface area contributed by atoms with Crippen molar-refractivity contribution in [1.82, 2.24) is 9.97 Å². The van der Waals surface area contributed by atoms with Crippen molar-refractivity contribution in [3.8, 4) is 0 Å². The highest BCUT2D eigenvalue weighted by Gasteiger charge is 2.13. The Morgan fingerprint density at radius 2 is 2.15 bits per heavy atom. The summed E-state index contributed by atoms with van der Waals surface area (Å²) in [5, 5.41) is 5.51. The predicted octanol–water partition coefficient (Wildman–Crippen LogP) is 6.17. The minimum Gasteiger partial charge on any atom is -0.352 e. The Labute approximate surface area is 163 Å². The number of carbonyl (C=O) groups is 1. The van der Waals surface area contributed by atoms with E-state index in [1.54, 1.807) is 24.5 Å². The molecule has 2 heterocycles. The molecule has 0 saturated carbocycles. The first-order valence-electron chi connectivity index (χ1n) is 8.90. The van der Waals surface area contributed by atoms with E-state index in [0.717, 1.165) is 28.2 Å². The molecular formula is C22H22ClN3O. The number of pyridine rings is 1. The molecule has 138 valence electrons. The van der Waals surface area contributed by atoms with Crippen LogP contribution in [0, 0.1) is 0 Å². The van der Waals surface area contributed by atoms with Gasteiger partial charge in [0.15, 0.2) is 0 Å². The van der Waals surface area contributed by atoms with Crippen molar-refractivity contribution in [3.05, 3.63) is 71.1 Å².